The second-order valence-corrected chi connectivity index (χ2v) is 6.52. The first-order chi connectivity index (χ1) is 7.90. The van der Waals surface area contributed by atoms with Gasteiger partial charge < -0.3 is 5.32 Å². The van der Waals surface area contributed by atoms with Gasteiger partial charge in [0.05, 0.1) is 15.9 Å². The van der Waals surface area contributed by atoms with E-state index in [1.807, 2.05) is 0 Å². The number of rotatable bonds is 4. The predicted octanol–water partition coefficient (Wildman–Crippen LogP) is 3.83. The van der Waals surface area contributed by atoms with Crippen LogP contribution in [0.3, 0.4) is 0 Å². The van der Waals surface area contributed by atoms with Crippen LogP contribution in [-0.2, 0) is 11.2 Å². The molecule has 1 N–H and O–H groups in total. The standard InChI is InChI=1S/C12H20BrN3S/c1-6-14-11-9(13)10(12(2,3)4)15-8(16-11)7-17-5/h6-7H2,1-5H3,(H,14,15,16). The maximum atomic E-state index is 4.66. The Morgan fingerprint density at radius 2 is 1.94 bits per heavy atom. The van der Waals surface area contributed by atoms with E-state index < -0.39 is 0 Å². The number of anilines is 1. The van der Waals surface area contributed by atoms with Crippen LogP contribution in [0, 0.1) is 0 Å². The number of hydrogen-bond acceptors (Lipinski definition) is 4. The number of aromatic nitrogens is 2. The fourth-order valence-corrected chi connectivity index (χ4v) is 2.77. The van der Waals surface area contributed by atoms with Gasteiger partial charge in [0.15, 0.2) is 0 Å². The lowest BCUT2D eigenvalue weighted by molar-refractivity contribution is 0.560. The van der Waals surface area contributed by atoms with Gasteiger partial charge in [0.1, 0.15) is 11.6 Å². The summed E-state index contributed by atoms with van der Waals surface area (Å²) in [7, 11) is 0. The molecule has 5 heteroatoms. The summed E-state index contributed by atoms with van der Waals surface area (Å²) in [6.07, 6.45) is 2.06. The molecular formula is C12H20BrN3S. The minimum absolute atomic E-state index is 0.0130. The number of halogens is 1. The van der Waals surface area contributed by atoms with Crippen LogP contribution < -0.4 is 5.32 Å². The minimum Gasteiger partial charge on any atom is -0.369 e. The van der Waals surface area contributed by atoms with Crippen molar-refractivity contribution in [3.63, 3.8) is 0 Å². The molecule has 0 aliphatic heterocycles. The number of nitrogens with zero attached hydrogens (tertiary/aromatic N) is 2. The molecule has 0 radical (unpaired) electrons. The first kappa shape index (κ1) is 14.8. The molecule has 0 atom stereocenters. The highest BCUT2D eigenvalue weighted by molar-refractivity contribution is 9.10. The van der Waals surface area contributed by atoms with E-state index in [9.17, 15) is 0 Å². The molecule has 0 aliphatic rings. The second kappa shape index (κ2) is 6.05. The summed E-state index contributed by atoms with van der Waals surface area (Å²) < 4.78 is 0.983. The van der Waals surface area contributed by atoms with Crippen LogP contribution in [0.4, 0.5) is 5.82 Å². The van der Waals surface area contributed by atoms with Crippen LogP contribution >= 0.6 is 27.7 Å². The van der Waals surface area contributed by atoms with E-state index in [2.05, 4.69) is 65.2 Å². The van der Waals surface area contributed by atoms with E-state index in [1.54, 1.807) is 11.8 Å². The summed E-state index contributed by atoms with van der Waals surface area (Å²) in [5.74, 6) is 2.63. The molecule has 0 saturated carbocycles. The van der Waals surface area contributed by atoms with Crippen LogP contribution in [0.5, 0.6) is 0 Å². The van der Waals surface area contributed by atoms with Crippen molar-refractivity contribution in [3.05, 3.63) is 16.0 Å². The van der Waals surface area contributed by atoms with E-state index in [-0.39, 0.29) is 5.41 Å². The monoisotopic (exact) mass is 317 g/mol. The Hall–Kier alpha value is -0.290. The Morgan fingerprint density at radius 3 is 2.41 bits per heavy atom. The Morgan fingerprint density at radius 1 is 1.29 bits per heavy atom. The quantitative estimate of drug-likeness (QED) is 0.915. The molecular weight excluding hydrogens is 298 g/mol. The molecule has 1 rings (SSSR count). The third-order valence-corrected chi connectivity index (χ3v) is 3.52. The summed E-state index contributed by atoms with van der Waals surface area (Å²) in [4.78, 5) is 9.19. The Bertz CT molecular complexity index is 388. The zero-order valence-corrected chi connectivity index (χ0v) is 13.5. The van der Waals surface area contributed by atoms with E-state index in [4.69, 9.17) is 0 Å². The third-order valence-electron chi connectivity index (χ3n) is 2.23. The van der Waals surface area contributed by atoms with Crippen LogP contribution in [0.1, 0.15) is 39.2 Å². The number of hydrogen-bond donors (Lipinski definition) is 1. The topological polar surface area (TPSA) is 37.8 Å². The van der Waals surface area contributed by atoms with Gasteiger partial charge in [-0.05, 0) is 29.1 Å². The van der Waals surface area contributed by atoms with Crippen molar-refractivity contribution in [2.24, 2.45) is 0 Å². The van der Waals surface area contributed by atoms with Crippen LogP contribution in [0.2, 0.25) is 0 Å². The van der Waals surface area contributed by atoms with Gasteiger partial charge in [0.25, 0.3) is 0 Å². The molecule has 96 valence electrons. The fraction of sp³-hybridized carbons (Fsp3) is 0.667. The Balaban J connectivity index is 3.27. The van der Waals surface area contributed by atoms with Crippen molar-refractivity contribution < 1.29 is 0 Å². The van der Waals surface area contributed by atoms with Crippen molar-refractivity contribution >= 4 is 33.5 Å². The SMILES string of the molecule is CCNc1nc(CSC)nc(C(C)(C)C)c1Br. The summed E-state index contributed by atoms with van der Waals surface area (Å²) >= 11 is 5.35. The molecule has 17 heavy (non-hydrogen) atoms. The molecule has 3 nitrogen and oxygen atoms in total. The van der Waals surface area contributed by atoms with E-state index in [0.29, 0.717) is 0 Å². The third kappa shape index (κ3) is 3.85. The van der Waals surface area contributed by atoms with Gasteiger partial charge in [0.2, 0.25) is 0 Å². The first-order valence-electron chi connectivity index (χ1n) is 5.69. The van der Waals surface area contributed by atoms with Crippen LogP contribution in [-0.4, -0.2) is 22.8 Å². The highest BCUT2D eigenvalue weighted by Crippen LogP contribution is 2.32. The minimum atomic E-state index is 0.0130. The van der Waals surface area contributed by atoms with Crippen molar-refractivity contribution in [2.75, 3.05) is 18.1 Å². The van der Waals surface area contributed by atoms with Crippen molar-refractivity contribution in [3.8, 4) is 0 Å². The number of thioether (sulfide) groups is 1. The average Bonchev–Trinajstić information content (AvgIpc) is 2.21. The summed E-state index contributed by atoms with van der Waals surface area (Å²) in [5.41, 5.74) is 1.08. The zero-order valence-electron chi connectivity index (χ0n) is 11.1. The molecule has 1 aromatic heterocycles. The maximum Gasteiger partial charge on any atom is 0.144 e. The van der Waals surface area contributed by atoms with Gasteiger partial charge in [-0.2, -0.15) is 11.8 Å². The van der Waals surface area contributed by atoms with Gasteiger partial charge in [-0.15, -0.1) is 0 Å². The first-order valence-corrected chi connectivity index (χ1v) is 7.88. The molecule has 0 aromatic carbocycles. The van der Waals surface area contributed by atoms with Crippen LogP contribution in [0.25, 0.3) is 0 Å². The van der Waals surface area contributed by atoms with E-state index in [1.165, 1.54) is 0 Å². The fourth-order valence-electron chi connectivity index (χ4n) is 1.47. The molecule has 0 spiro atoms. The number of nitrogens with one attached hydrogen (secondary N) is 1. The molecule has 0 bridgehead atoms. The zero-order chi connectivity index (χ0) is 13.1. The molecule has 0 aliphatic carbocycles. The lowest BCUT2D eigenvalue weighted by Gasteiger charge is -2.21. The lowest BCUT2D eigenvalue weighted by atomic mass is 9.92. The smallest absolute Gasteiger partial charge is 0.144 e. The van der Waals surface area contributed by atoms with Gasteiger partial charge in [-0.1, -0.05) is 20.8 Å². The van der Waals surface area contributed by atoms with Crippen LogP contribution in [0.15, 0.2) is 4.47 Å². The highest BCUT2D eigenvalue weighted by Gasteiger charge is 2.22. The largest absolute Gasteiger partial charge is 0.369 e. The normalized spacial score (nSPS) is 11.6. The average molecular weight is 318 g/mol. The summed E-state index contributed by atoms with van der Waals surface area (Å²) in [6.45, 7) is 9.42. The molecule has 0 unspecified atom stereocenters. The molecule has 1 heterocycles. The Labute approximate surface area is 116 Å². The Kier molecular flexibility index (Phi) is 5.25. The summed E-state index contributed by atoms with van der Waals surface area (Å²) in [6, 6.07) is 0. The molecule has 0 saturated heterocycles. The molecule has 0 fully saturated rings. The van der Waals surface area contributed by atoms with Crippen molar-refractivity contribution in [1.29, 1.82) is 0 Å². The van der Waals surface area contributed by atoms with Crippen molar-refractivity contribution in [1.82, 2.24) is 9.97 Å². The maximum absolute atomic E-state index is 4.66. The molecule has 0 amide bonds. The molecule has 1 aromatic rings. The highest BCUT2D eigenvalue weighted by atomic mass is 79.9. The van der Waals surface area contributed by atoms with E-state index in [0.717, 1.165) is 34.1 Å². The van der Waals surface area contributed by atoms with Gasteiger partial charge >= 0.3 is 0 Å². The summed E-state index contributed by atoms with van der Waals surface area (Å²) in [5, 5.41) is 3.28. The van der Waals surface area contributed by atoms with Crippen molar-refractivity contribution in [2.45, 2.75) is 38.9 Å². The predicted molar refractivity (Wildman–Crippen MR) is 79.8 cm³/mol. The van der Waals surface area contributed by atoms with Gasteiger partial charge in [0, 0.05) is 12.0 Å². The second-order valence-electron chi connectivity index (χ2n) is 4.86. The van der Waals surface area contributed by atoms with Gasteiger partial charge in [-0.25, -0.2) is 9.97 Å². The van der Waals surface area contributed by atoms with Gasteiger partial charge in [-0.3, -0.25) is 0 Å². The lowest BCUT2D eigenvalue weighted by Crippen LogP contribution is -2.18. The van der Waals surface area contributed by atoms with E-state index >= 15 is 0 Å².